The molecule has 1 aliphatic rings. The highest BCUT2D eigenvalue weighted by Gasteiger charge is 2.43. The Hall–Kier alpha value is -1.22. The molecule has 0 aliphatic heterocycles. The monoisotopic (exact) mass is 363 g/mol. The number of nitro benzene ring substituents is 1. The van der Waals surface area contributed by atoms with E-state index in [1.807, 2.05) is 0 Å². The van der Waals surface area contributed by atoms with Gasteiger partial charge in [0.05, 0.1) is 9.82 Å². The van der Waals surface area contributed by atoms with Gasteiger partial charge in [-0.1, -0.05) is 0 Å². The van der Waals surface area contributed by atoms with Crippen LogP contribution in [0.5, 0.6) is 0 Å². The zero-order valence-electron chi connectivity index (χ0n) is 13.3. The van der Waals surface area contributed by atoms with Gasteiger partial charge in [-0.2, -0.15) is 0 Å². The molecule has 0 saturated heterocycles. The third-order valence-corrected chi connectivity index (χ3v) is 6.11. The topological polar surface area (TPSA) is 115 Å². The fourth-order valence-electron chi connectivity index (χ4n) is 2.57. The van der Waals surface area contributed by atoms with Gasteiger partial charge in [0.1, 0.15) is 0 Å². The lowest BCUT2D eigenvalue weighted by atomic mass is 9.98. The number of hydrogen-bond acceptors (Lipinski definition) is 5. The molecular weight excluding hydrogens is 342 g/mol. The van der Waals surface area contributed by atoms with Crippen molar-refractivity contribution in [3.8, 4) is 0 Å². The van der Waals surface area contributed by atoms with Crippen molar-refractivity contribution in [3.63, 3.8) is 0 Å². The summed E-state index contributed by atoms with van der Waals surface area (Å²) in [6.45, 7) is 5.26. The van der Waals surface area contributed by atoms with Crippen LogP contribution in [0.25, 0.3) is 0 Å². The number of nitro groups is 1. The highest BCUT2D eigenvalue weighted by Crippen LogP contribution is 2.40. The molecular formula is C14H22ClN3O4S. The van der Waals surface area contributed by atoms with Gasteiger partial charge < -0.3 is 5.73 Å². The number of nitrogens with one attached hydrogen (secondary N) is 1. The number of sulfonamides is 1. The highest BCUT2D eigenvalue weighted by molar-refractivity contribution is 7.89. The molecule has 0 amide bonds. The van der Waals surface area contributed by atoms with E-state index in [2.05, 4.69) is 4.72 Å². The van der Waals surface area contributed by atoms with Gasteiger partial charge in [-0.3, -0.25) is 10.1 Å². The molecule has 1 aliphatic carbocycles. The molecule has 0 spiro atoms. The second-order valence-corrected chi connectivity index (χ2v) is 7.80. The van der Waals surface area contributed by atoms with Crippen molar-refractivity contribution in [1.82, 2.24) is 4.72 Å². The average molecular weight is 364 g/mol. The minimum Gasteiger partial charge on any atom is -0.329 e. The highest BCUT2D eigenvalue weighted by atomic mass is 35.5. The van der Waals surface area contributed by atoms with Crippen LogP contribution in [0.2, 0.25) is 0 Å². The normalized spacial score (nSPS) is 17.2. The standard InChI is InChI=1S/C14H21N3O4S.ClH/c1-9-6-12(17(18)19)7-13(10(9)2)22(20,21)16-14(3,8-15)11-4-5-11;/h6-7,11,16H,4-5,8,15H2,1-3H3;1H. The van der Waals surface area contributed by atoms with Crippen LogP contribution in [0.1, 0.15) is 30.9 Å². The Morgan fingerprint density at radius 2 is 1.96 bits per heavy atom. The Balaban J connectivity index is 0.00000264. The maximum Gasteiger partial charge on any atom is 0.271 e. The molecule has 1 aromatic rings. The fourth-order valence-corrected chi connectivity index (χ4v) is 4.38. The molecule has 2 rings (SSSR count). The van der Waals surface area contributed by atoms with Gasteiger partial charge in [-0.05, 0) is 50.7 Å². The first kappa shape index (κ1) is 19.8. The van der Waals surface area contributed by atoms with Gasteiger partial charge in [-0.15, -0.1) is 12.4 Å². The van der Waals surface area contributed by atoms with Crippen LogP contribution in [0.4, 0.5) is 5.69 Å². The number of nitrogens with two attached hydrogens (primary N) is 1. The fraction of sp³-hybridized carbons (Fsp3) is 0.571. The summed E-state index contributed by atoms with van der Waals surface area (Å²) in [5.74, 6) is 0.215. The second-order valence-electron chi connectivity index (χ2n) is 6.14. The third kappa shape index (κ3) is 4.00. The van der Waals surface area contributed by atoms with Gasteiger partial charge in [0.2, 0.25) is 10.0 Å². The van der Waals surface area contributed by atoms with E-state index in [9.17, 15) is 18.5 Å². The van der Waals surface area contributed by atoms with Gasteiger partial charge >= 0.3 is 0 Å². The molecule has 0 radical (unpaired) electrons. The van der Waals surface area contributed by atoms with Crippen molar-refractivity contribution in [3.05, 3.63) is 33.4 Å². The van der Waals surface area contributed by atoms with Crippen molar-refractivity contribution in [2.24, 2.45) is 11.7 Å². The molecule has 1 saturated carbocycles. The van der Waals surface area contributed by atoms with E-state index in [0.717, 1.165) is 18.9 Å². The van der Waals surface area contributed by atoms with Gasteiger partial charge in [0.25, 0.3) is 5.69 Å². The minimum atomic E-state index is -3.88. The second kappa shape index (κ2) is 6.72. The molecule has 23 heavy (non-hydrogen) atoms. The van der Waals surface area contributed by atoms with Gasteiger partial charge in [-0.25, -0.2) is 13.1 Å². The van der Waals surface area contributed by atoms with Crippen molar-refractivity contribution in [2.45, 2.75) is 44.0 Å². The lowest BCUT2D eigenvalue weighted by molar-refractivity contribution is -0.385. The number of halogens is 1. The van der Waals surface area contributed by atoms with E-state index >= 15 is 0 Å². The van der Waals surface area contributed by atoms with E-state index < -0.39 is 20.5 Å². The SMILES string of the molecule is Cc1cc([N+](=O)[O-])cc(S(=O)(=O)NC(C)(CN)C2CC2)c1C.Cl. The van der Waals surface area contributed by atoms with Crippen LogP contribution in [0.3, 0.4) is 0 Å². The molecule has 1 fully saturated rings. The molecule has 3 N–H and O–H groups in total. The predicted octanol–water partition coefficient (Wildman–Crippen LogP) is 2.04. The predicted molar refractivity (Wildman–Crippen MR) is 90.3 cm³/mol. The van der Waals surface area contributed by atoms with Crippen molar-refractivity contribution < 1.29 is 13.3 Å². The van der Waals surface area contributed by atoms with Crippen LogP contribution in [0, 0.1) is 29.9 Å². The van der Waals surface area contributed by atoms with E-state index in [1.54, 1.807) is 20.8 Å². The summed E-state index contributed by atoms with van der Waals surface area (Å²) < 4.78 is 28.1. The first-order valence-electron chi connectivity index (χ1n) is 7.10. The molecule has 0 bridgehead atoms. The van der Waals surface area contributed by atoms with E-state index in [1.165, 1.54) is 6.07 Å². The Morgan fingerprint density at radius 1 is 1.39 bits per heavy atom. The van der Waals surface area contributed by atoms with Crippen LogP contribution in [-0.2, 0) is 10.0 Å². The van der Waals surface area contributed by atoms with Crippen molar-refractivity contribution >= 4 is 28.1 Å². The summed E-state index contributed by atoms with van der Waals surface area (Å²) in [4.78, 5) is 10.3. The molecule has 9 heteroatoms. The first-order valence-corrected chi connectivity index (χ1v) is 8.59. The molecule has 1 unspecified atom stereocenters. The zero-order chi connectivity index (χ0) is 16.7. The zero-order valence-corrected chi connectivity index (χ0v) is 15.0. The maximum atomic E-state index is 12.7. The van der Waals surface area contributed by atoms with E-state index in [0.29, 0.717) is 11.1 Å². The number of nitrogens with zero attached hydrogens (tertiary/aromatic N) is 1. The van der Waals surface area contributed by atoms with Crippen molar-refractivity contribution in [1.29, 1.82) is 0 Å². The smallest absolute Gasteiger partial charge is 0.271 e. The molecule has 7 nitrogen and oxygen atoms in total. The molecule has 1 atom stereocenters. The van der Waals surface area contributed by atoms with Crippen LogP contribution < -0.4 is 10.5 Å². The lowest BCUT2D eigenvalue weighted by Crippen LogP contribution is -2.53. The third-order valence-electron chi connectivity index (χ3n) is 4.37. The number of rotatable bonds is 6. The number of benzene rings is 1. The maximum absolute atomic E-state index is 12.7. The lowest BCUT2D eigenvalue weighted by Gasteiger charge is -2.29. The van der Waals surface area contributed by atoms with E-state index in [-0.39, 0.29) is 35.5 Å². The summed E-state index contributed by atoms with van der Waals surface area (Å²) in [5.41, 5.74) is 5.87. The van der Waals surface area contributed by atoms with Crippen LogP contribution in [-0.4, -0.2) is 25.4 Å². The number of hydrogen-bond donors (Lipinski definition) is 2. The van der Waals surface area contributed by atoms with Gasteiger partial charge in [0.15, 0.2) is 0 Å². The summed E-state index contributed by atoms with van der Waals surface area (Å²) in [7, 11) is -3.88. The molecule has 0 heterocycles. The van der Waals surface area contributed by atoms with Crippen LogP contribution in [0.15, 0.2) is 17.0 Å². The van der Waals surface area contributed by atoms with Crippen LogP contribution >= 0.6 is 12.4 Å². The minimum absolute atomic E-state index is 0. The number of aryl methyl sites for hydroxylation is 1. The summed E-state index contributed by atoms with van der Waals surface area (Å²) in [5, 5.41) is 11.0. The molecule has 1 aromatic carbocycles. The Bertz CT molecular complexity index is 719. The molecule has 0 aromatic heterocycles. The number of non-ortho nitro benzene ring substituents is 1. The quantitative estimate of drug-likeness (QED) is 0.592. The summed E-state index contributed by atoms with van der Waals surface area (Å²) >= 11 is 0. The molecule has 130 valence electrons. The average Bonchev–Trinajstić information content (AvgIpc) is 3.25. The van der Waals surface area contributed by atoms with E-state index in [4.69, 9.17) is 5.73 Å². The Morgan fingerprint density at radius 3 is 2.39 bits per heavy atom. The first-order chi connectivity index (χ1) is 10.1. The Labute approximate surface area is 142 Å². The Kier molecular flexibility index (Phi) is 5.79. The summed E-state index contributed by atoms with van der Waals surface area (Å²) in [6.07, 6.45) is 1.87. The van der Waals surface area contributed by atoms with Crippen molar-refractivity contribution in [2.75, 3.05) is 6.54 Å². The summed E-state index contributed by atoms with van der Waals surface area (Å²) in [6, 6.07) is 2.48. The largest absolute Gasteiger partial charge is 0.329 e. The van der Waals surface area contributed by atoms with Gasteiger partial charge in [0, 0.05) is 24.2 Å².